The lowest BCUT2D eigenvalue weighted by Gasteiger charge is -2.26. The fraction of sp³-hybridized carbons (Fsp3) is 0. The minimum Gasteiger partial charge on any atom is -0.310 e. The van der Waals surface area contributed by atoms with E-state index in [1.807, 2.05) is 0 Å². The molecule has 0 spiro atoms. The zero-order chi connectivity index (χ0) is 38.4. The minimum atomic E-state index is 1.11. The van der Waals surface area contributed by atoms with Crippen LogP contribution in [-0.4, -0.2) is 4.57 Å². The van der Waals surface area contributed by atoms with Gasteiger partial charge in [0.1, 0.15) is 0 Å². The van der Waals surface area contributed by atoms with E-state index in [1.54, 1.807) is 0 Å². The molecule has 0 fully saturated rings. The van der Waals surface area contributed by atoms with E-state index in [1.165, 1.54) is 82.4 Å². The summed E-state index contributed by atoms with van der Waals surface area (Å²) in [7, 11) is 0. The molecule has 0 aliphatic rings. The fourth-order valence-electron chi connectivity index (χ4n) is 8.68. The molecule has 0 aliphatic carbocycles. The monoisotopic (exact) mass is 738 g/mol. The van der Waals surface area contributed by atoms with Gasteiger partial charge in [-0.3, -0.25) is 0 Å². The third-order valence-corrected chi connectivity index (χ3v) is 11.5. The summed E-state index contributed by atoms with van der Waals surface area (Å²) in [5, 5.41) is 7.43. The molecule has 2 nitrogen and oxygen atoms in total. The van der Waals surface area contributed by atoms with Crippen LogP contribution < -0.4 is 4.90 Å². The van der Waals surface area contributed by atoms with Crippen LogP contribution in [0.5, 0.6) is 0 Å². The molecule has 0 radical (unpaired) electrons. The molecule has 11 rings (SSSR count). The predicted octanol–water partition coefficient (Wildman–Crippen LogP) is 15.6. The van der Waals surface area contributed by atoms with Gasteiger partial charge >= 0.3 is 0 Å². The molecule has 11 aromatic rings. The van der Waals surface area contributed by atoms with Crippen LogP contribution in [0.1, 0.15) is 0 Å². The minimum absolute atomic E-state index is 1.11. The number of hydrogen-bond donors (Lipinski definition) is 0. The zero-order valence-corrected chi connectivity index (χ0v) is 31.8. The first kappa shape index (κ1) is 33.6. The Hall–Kier alpha value is -7.68. The summed E-state index contributed by atoms with van der Waals surface area (Å²) in [6.07, 6.45) is 0. The highest BCUT2D eigenvalue weighted by Crippen LogP contribution is 2.40. The predicted molar refractivity (Wildman–Crippen MR) is 247 cm³/mol. The molecular formula is C56H38N2. The van der Waals surface area contributed by atoms with Crippen LogP contribution >= 0.6 is 0 Å². The maximum Gasteiger partial charge on any atom is 0.0619 e. The summed E-state index contributed by atoms with van der Waals surface area (Å²) in [5.41, 5.74) is 14.2. The van der Waals surface area contributed by atoms with E-state index in [4.69, 9.17) is 0 Å². The van der Waals surface area contributed by atoms with E-state index in [0.717, 1.165) is 17.1 Å². The van der Waals surface area contributed by atoms with Gasteiger partial charge in [0.05, 0.1) is 11.0 Å². The number of nitrogens with zero attached hydrogens (tertiary/aromatic N) is 2. The van der Waals surface area contributed by atoms with Gasteiger partial charge in [-0.2, -0.15) is 0 Å². The molecule has 10 aromatic carbocycles. The van der Waals surface area contributed by atoms with E-state index in [-0.39, 0.29) is 0 Å². The maximum atomic E-state index is 2.42. The number of hydrogen-bond acceptors (Lipinski definition) is 1. The molecule has 0 bridgehead atoms. The van der Waals surface area contributed by atoms with E-state index >= 15 is 0 Å². The quantitative estimate of drug-likeness (QED) is 0.158. The van der Waals surface area contributed by atoms with Crippen molar-refractivity contribution >= 4 is 60.4 Å². The van der Waals surface area contributed by atoms with E-state index in [2.05, 4.69) is 240 Å². The van der Waals surface area contributed by atoms with Crippen molar-refractivity contribution in [2.24, 2.45) is 0 Å². The van der Waals surface area contributed by atoms with Gasteiger partial charge in [0.25, 0.3) is 0 Å². The number of fused-ring (bicyclic) bond motifs is 6. The first-order chi connectivity index (χ1) is 28.7. The number of rotatable bonds is 7. The molecule has 272 valence electrons. The molecule has 1 aromatic heterocycles. The molecule has 1 heterocycles. The van der Waals surface area contributed by atoms with Gasteiger partial charge in [0.2, 0.25) is 0 Å². The number of anilines is 3. The molecule has 0 amide bonds. The van der Waals surface area contributed by atoms with Crippen LogP contribution in [0, 0.1) is 0 Å². The first-order valence-electron chi connectivity index (χ1n) is 19.9. The van der Waals surface area contributed by atoms with Crippen molar-refractivity contribution in [1.82, 2.24) is 4.57 Å². The Kier molecular flexibility index (Phi) is 8.19. The molecule has 0 saturated carbocycles. The summed E-state index contributed by atoms with van der Waals surface area (Å²) in [5.74, 6) is 0. The van der Waals surface area contributed by atoms with Crippen molar-refractivity contribution in [3.63, 3.8) is 0 Å². The van der Waals surface area contributed by atoms with Crippen molar-refractivity contribution in [3.8, 4) is 39.1 Å². The highest BCUT2D eigenvalue weighted by atomic mass is 15.1. The van der Waals surface area contributed by atoms with E-state index < -0.39 is 0 Å². The van der Waals surface area contributed by atoms with Gasteiger partial charge < -0.3 is 9.47 Å². The number of para-hydroxylation sites is 2. The molecule has 2 heteroatoms. The zero-order valence-electron chi connectivity index (χ0n) is 31.8. The Bertz CT molecular complexity index is 3150. The van der Waals surface area contributed by atoms with Crippen molar-refractivity contribution in [1.29, 1.82) is 0 Å². The lowest BCUT2D eigenvalue weighted by atomic mass is 9.97. The SMILES string of the molecule is c1ccc(-c2ccc(N(c3ccc(-c4ccccc4)cc3)c3ccc4cc(-c5ccc6c(ccc7c8ccccc8n(-c8ccccc8)c67)c5)ccc4c3)cc2)cc1. The second-order valence-electron chi connectivity index (χ2n) is 15.0. The summed E-state index contributed by atoms with van der Waals surface area (Å²) in [6, 6.07) is 83.6. The molecule has 0 saturated heterocycles. The van der Waals surface area contributed by atoms with Crippen molar-refractivity contribution < 1.29 is 0 Å². The van der Waals surface area contributed by atoms with Gasteiger partial charge in [-0.1, -0.05) is 164 Å². The van der Waals surface area contributed by atoms with Crippen molar-refractivity contribution in [2.45, 2.75) is 0 Å². The largest absolute Gasteiger partial charge is 0.310 e. The Morgan fingerprint density at radius 2 is 0.724 bits per heavy atom. The molecule has 0 unspecified atom stereocenters. The Balaban J connectivity index is 0.974. The highest BCUT2D eigenvalue weighted by molar-refractivity contribution is 6.19. The Labute approximate surface area is 338 Å². The van der Waals surface area contributed by atoms with Crippen LogP contribution in [-0.2, 0) is 0 Å². The summed E-state index contributed by atoms with van der Waals surface area (Å²) in [6.45, 7) is 0. The van der Waals surface area contributed by atoms with Crippen LogP contribution in [0.4, 0.5) is 17.1 Å². The maximum absolute atomic E-state index is 2.42. The lowest BCUT2D eigenvalue weighted by Crippen LogP contribution is -2.09. The van der Waals surface area contributed by atoms with Gasteiger partial charge in [0.15, 0.2) is 0 Å². The average molecular weight is 739 g/mol. The average Bonchev–Trinajstić information content (AvgIpc) is 3.65. The smallest absolute Gasteiger partial charge is 0.0619 e. The van der Waals surface area contributed by atoms with Gasteiger partial charge in [-0.15, -0.1) is 0 Å². The van der Waals surface area contributed by atoms with Crippen molar-refractivity contribution in [3.05, 3.63) is 231 Å². The van der Waals surface area contributed by atoms with Gasteiger partial charge in [-0.25, -0.2) is 0 Å². The molecular weight excluding hydrogens is 701 g/mol. The first-order valence-corrected chi connectivity index (χ1v) is 19.9. The van der Waals surface area contributed by atoms with Crippen LogP contribution in [0.15, 0.2) is 231 Å². The lowest BCUT2D eigenvalue weighted by molar-refractivity contribution is 1.19. The highest BCUT2D eigenvalue weighted by Gasteiger charge is 2.17. The van der Waals surface area contributed by atoms with Crippen LogP contribution in [0.2, 0.25) is 0 Å². The summed E-state index contributed by atoms with van der Waals surface area (Å²) >= 11 is 0. The fourth-order valence-corrected chi connectivity index (χ4v) is 8.68. The van der Waals surface area contributed by atoms with Crippen LogP contribution in [0.3, 0.4) is 0 Å². The Morgan fingerprint density at radius 3 is 1.38 bits per heavy atom. The van der Waals surface area contributed by atoms with Gasteiger partial charge in [-0.05, 0) is 116 Å². The molecule has 58 heavy (non-hydrogen) atoms. The van der Waals surface area contributed by atoms with Crippen LogP contribution in [0.25, 0.3) is 82.4 Å². The van der Waals surface area contributed by atoms with E-state index in [9.17, 15) is 0 Å². The molecule has 0 N–H and O–H groups in total. The number of aromatic nitrogens is 1. The third kappa shape index (κ3) is 5.91. The molecule has 0 aliphatic heterocycles. The summed E-state index contributed by atoms with van der Waals surface area (Å²) < 4.78 is 2.42. The number of benzene rings is 10. The van der Waals surface area contributed by atoms with E-state index in [0.29, 0.717) is 0 Å². The molecule has 0 atom stereocenters. The third-order valence-electron chi connectivity index (χ3n) is 11.5. The Morgan fingerprint density at radius 1 is 0.276 bits per heavy atom. The standard InChI is InChI=1S/C56H38N2/c1-4-12-39(13-5-1)41-22-29-49(30-23-41)57(50-31-24-42(25-32-50)40-14-6-2-7-15-40)51-33-26-44-36-43(20-21-46(44)38-51)45-27-34-52-47(37-45)28-35-54-53-18-10-11-19-55(53)58(56(52)54)48-16-8-3-9-17-48/h1-38H. The second kappa shape index (κ2) is 14.1. The van der Waals surface area contributed by atoms with Gasteiger partial charge in [0, 0.05) is 38.9 Å². The van der Waals surface area contributed by atoms with Crippen molar-refractivity contribution in [2.75, 3.05) is 4.90 Å². The second-order valence-corrected chi connectivity index (χ2v) is 15.0. The normalized spacial score (nSPS) is 11.4. The topological polar surface area (TPSA) is 8.17 Å². The summed E-state index contributed by atoms with van der Waals surface area (Å²) in [4.78, 5) is 2.36.